The molecule has 0 aliphatic rings. The summed E-state index contributed by atoms with van der Waals surface area (Å²) in [5.74, 6) is -0.867. The second kappa shape index (κ2) is 3.80. The number of nitro groups is 1. The molecule has 70 valence electrons. The number of nitro benzene ring substituents is 1. The van der Waals surface area contributed by atoms with E-state index in [0.717, 1.165) is 6.07 Å². The van der Waals surface area contributed by atoms with Crippen molar-refractivity contribution in [3.8, 4) is 0 Å². The van der Waals surface area contributed by atoms with E-state index in [-0.39, 0.29) is 11.0 Å². The zero-order valence-corrected chi connectivity index (χ0v) is 8.04. The Kier molecular flexibility index (Phi) is 2.94. The van der Waals surface area contributed by atoms with E-state index in [1.165, 1.54) is 6.07 Å². The summed E-state index contributed by atoms with van der Waals surface area (Å²) in [7, 11) is 0. The molecule has 1 aromatic rings. The average molecular weight is 249 g/mol. The van der Waals surface area contributed by atoms with Crippen molar-refractivity contribution in [3.63, 3.8) is 0 Å². The molecule has 4 nitrogen and oxygen atoms in total. The highest BCUT2D eigenvalue weighted by Crippen LogP contribution is 2.30. The molecule has 1 aromatic carbocycles. The van der Waals surface area contributed by atoms with E-state index in [2.05, 4.69) is 15.9 Å². The van der Waals surface area contributed by atoms with Gasteiger partial charge in [-0.1, -0.05) is 6.07 Å². The lowest BCUT2D eigenvalue weighted by Crippen LogP contribution is -2.01. The van der Waals surface area contributed by atoms with Gasteiger partial charge in [0.1, 0.15) is 4.47 Å². The van der Waals surface area contributed by atoms with E-state index in [9.17, 15) is 14.5 Å². The number of hydrogen-bond acceptors (Lipinski definition) is 3. The molecular formula is C7H6BrFN2O2. The van der Waals surface area contributed by atoms with Gasteiger partial charge in [0.05, 0.1) is 4.92 Å². The van der Waals surface area contributed by atoms with Crippen LogP contribution in [0.5, 0.6) is 0 Å². The molecular weight excluding hydrogens is 243 g/mol. The second-order valence-electron chi connectivity index (χ2n) is 2.33. The topological polar surface area (TPSA) is 69.2 Å². The highest BCUT2D eigenvalue weighted by molar-refractivity contribution is 9.10. The first-order chi connectivity index (χ1) is 6.07. The average Bonchev–Trinajstić information content (AvgIpc) is 2.04. The minimum atomic E-state index is -0.867. The molecule has 0 aliphatic heterocycles. The number of nitrogens with zero attached hydrogens (tertiary/aromatic N) is 1. The van der Waals surface area contributed by atoms with Gasteiger partial charge in [-0.2, -0.15) is 4.39 Å². The summed E-state index contributed by atoms with van der Waals surface area (Å²) in [6.45, 7) is 0.127. The molecule has 0 amide bonds. The van der Waals surface area contributed by atoms with Crippen LogP contribution >= 0.6 is 15.9 Å². The van der Waals surface area contributed by atoms with Crippen molar-refractivity contribution in [1.82, 2.24) is 0 Å². The van der Waals surface area contributed by atoms with Gasteiger partial charge in [0.15, 0.2) is 0 Å². The number of halogens is 2. The quantitative estimate of drug-likeness (QED) is 0.643. The third-order valence-electron chi connectivity index (χ3n) is 1.55. The lowest BCUT2D eigenvalue weighted by Gasteiger charge is -2.02. The molecule has 1 rings (SSSR count). The Labute approximate surface area is 81.8 Å². The van der Waals surface area contributed by atoms with Crippen LogP contribution in [0, 0.1) is 15.9 Å². The van der Waals surface area contributed by atoms with Crippen molar-refractivity contribution in [2.45, 2.75) is 6.54 Å². The zero-order valence-electron chi connectivity index (χ0n) is 6.46. The van der Waals surface area contributed by atoms with Gasteiger partial charge in [-0.15, -0.1) is 0 Å². The fourth-order valence-corrected chi connectivity index (χ4v) is 1.54. The normalized spacial score (nSPS) is 10.1. The molecule has 0 fully saturated rings. The minimum absolute atomic E-state index is 0.111. The number of hydrogen-bond donors (Lipinski definition) is 1. The SMILES string of the molecule is NCc1ccc(F)c([N+](=O)[O-])c1Br. The number of nitrogens with two attached hydrogens (primary N) is 1. The van der Waals surface area contributed by atoms with Crippen molar-refractivity contribution < 1.29 is 9.31 Å². The zero-order chi connectivity index (χ0) is 10.0. The molecule has 0 bridgehead atoms. The molecule has 0 atom stereocenters. The number of benzene rings is 1. The fraction of sp³-hybridized carbons (Fsp3) is 0.143. The largest absolute Gasteiger partial charge is 0.326 e. The van der Waals surface area contributed by atoms with E-state index in [1.54, 1.807) is 0 Å². The van der Waals surface area contributed by atoms with E-state index in [4.69, 9.17) is 5.73 Å². The van der Waals surface area contributed by atoms with Crippen LogP contribution in [0.2, 0.25) is 0 Å². The molecule has 6 heteroatoms. The lowest BCUT2D eigenvalue weighted by molar-refractivity contribution is -0.388. The molecule has 0 heterocycles. The van der Waals surface area contributed by atoms with Crippen LogP contribution in [-0.2, 0) is 6.54 Å². The Balaban J connectivity index is 3.38. The van der Waals surface area contributed by atoms with E-state index >= 15 is 0 Å². The summed E-state index contributed by atoms with van der Waals surface area (Å²) < 4.78 is 13.0. The van der Waals surface area contributed by atoms with Gasteiger partial charge < -0.3 is 5.73 Å². The summed E-state index contributed by atoms with van der Waals surface area (Å²) in [6, 6.07) is 2.44. The Morgan fingerprint density at radius 3 is 2.69 bits per heavy atom. The van der Waals surface area contributed by atoms with Crippen LogP contribution in [0.3, 0.4) is 0 Å². The Hall–Kier alpha value is -1.01. The first-order valence-corrected chi connectivity index (χ1v) is 4.18. The fourth-order valence-electron chi connectivity index (χ4n) is 0.908. The maximum Gasteiger partial charge on any atom is 0.319 e. The summed E-state index contributed by atoms with van der Waals surface area (Å²) >= 11 is 2.93. The Bertz CT molecular complexity index is 357. The maximum absolute atomic E-state index is 12.9. The van der Waals surface area contributed by atoms with Crippen molar-refractivity contribution in [3.05, 3.63) is 38.1 Å². The Morgan fingerprint density at radius 2 is 2.23 bits per heavy atom. The summed E-state index contributed by atoms with van der Waals surface area (Å²) in [4.78, 5) is 9.63. The molecule has 0 aliphatic carbocycles. The predicted molar refractivity (Wildman–Crippen MR) is 48.6 cm³/mol. The van der Waals surface area contributed by atoms with Crippen LogP contribution in [0.15, 0.2) is 16.6 Å². The van der Waals surface area contributed by atoms with Crippen molar-refractivity contribution in [2.24, 2.45) is 5.73 Å². The van der Waals surface area contributed by atoms with Gasteiger partial charge in [-0.3, -0.25) is 10.1 Å². The summed E-state index contributed by atoms with van der Waals surface area (Å²) in [5.41, 5.74) is 5.24. The molecule has 13 heavy (non-hydrogen) atoms. The third-order valence-corrected chi connectivity index (χ3v) is 2.43. The molecule has 0 saturated carbocycles. The van der Waals surface area contributed by atoms with Gasteiger partial charge in [0.2, 0.25) is 5.82 Å². The minimum Gasteiger partial charge on any atom is -0.326 e. The molecule has 2 N–H and O–H groups in total. The van der Waals surface area contributed by atoms with Crippen molar-refractivity contribution >= 4 is 21.6 Å². The maximum atomic E-state index is 12.9. The van der Waals surface area contributed by atoms with Gasteiger partial charge in [-0.05, 0) is 27.6 Å². The first kappa shape index (κ1) is 10.1. The monoisotopic (exact) mass is 248 g/mol. The lowest BCUT2D eigenvalue weighted by atomic mass is 10.2. The number of rotatable bonds is 2. The third kappa shape index (κ3) is 1.84. The smallest absolute Gasteiger partial charge is 0.319 e. The first-order valence-electron chi connectivity index (χ1n) is 3.39. The molecule has 0 unspecified atom stereocenters. The summed E-state index contributed by atoms with van der Waals surface area (Å²) in [6.07, 6.45) is 0. The molecule has 0 radical (unpaired) electrons. The highest BCUT2D eigenvalue weighted by atomic mass is 79.9. The van der Waals surface area contributed by atoms with Gasteiger partial charge in [0, 0.05) is 6.54 Å². The van der Waals surface area contributed by atoms with Crippen molar-refractivity contribution in [1.29, 1.82) is 0 Å². The van der Waals surface area contributed by atoms with Crippen LogP contribution in [-0.4, -0.2) is 4.92 Å². The van der Waals surface area contributed by atoms with E-state index in [1.807, 2.05) is 0 Å². The van der Waals surface area contributed by atoms with Gasteiger partial charge in [-0.25, -0.2) is 0 Å². The second-order valence-corrected chi connectivity index (χ2v) is 3.12. The van der Waals surface area contributed by atoms with Crippen LogP contribution in [0.4, 0.5) is 10.1 Å². The van der Waals surface area contributed by atoms with Gasteiger partial charge in [0.25, 0.3) is 0 Å². The van der Waals surface area contributed by atoms with Crippen LogP contribution in [0.25, 0.3) is 0 Å². The standard InChI is InChI=1S/C7H6BrFN2O2/c8-6-4(3-10)1-2-5(9)7(6)11(12)13/h1-2H,3,10H2. The summed E-state index contributed by atoms with van der Waals surface area (Å²) in [5, 5.41) is 10.4. The van der Waals surface area contributed by atoms with Crippen molar-refractivity contribution in [2.75, 3.05) is 0 Å². The highest BCUT2D eigenvalue weighted by Gasteiger charge is 2.20. The van der Waals surface area contributed by atoms with Gasteiger partial charge >= 0.3 is 5.69 Å². The molecule has 0 saturated heterocycles. The van der Waals surface area contributed by atoms with E-state index in [0.29, 0.717) is 5.56 Å². The molecule has 0 aromatic heterocycles. The van der Waals surface area contributed by atoms with E-state index < -0.39 is 16.4 Å². The molecule has 0 spiro atoms. The Morgan fingerprint density at radius 1 is 1.62 bits per heavy atom. The predicted octanol–water partition coefficient (Wildman–Crippen LogP) is 1.96. The van der Waals surface area contributed by atoms with Crippen LogP contribution < -0.4 is 5.73 Å². The van der Waals surface area contributed by atoms with Crippen LogP contribution in [0.1, 0.15) is 5.56 Å².